The highest BCUT2D eigenvalue weighted by Gasteiger charge is 2.51. The van der Waals surface area contributed by atoms with Crippen molar-refractivity contribution in [2.45, 2.75) is 46.5 Å². The molecule has 0 bridgehead atoms. The molecule has 1 aliphatic rings. The lowest BCUT2D eigenvalue weighted by atomic mass is 9.65. The molecule has 0 fully saturated rings. The van der Waals surface area contributed by atoms with E-state index in [1.165, 1.54) is 0 Å². The third-order valence-electron chi connectivity index (χ3n) is 4.99. The number of carbonyl (C=O) groups is 2. The summed E-state index contributed by atoms with van der Waals surface area (Å²) >= 11 is 0. The number of allylic oxidation sites excluding steroid dienone is 2. The molecule has 25 heavy (non-hydrogen) atoms. The molecule has 134 valence electrons. The molecule has 6 heteroatoms. The molecule has 0 spiro atoms. The number of hydrogen-bond donors (Lipinski definition) is 2. The summed E-state index contributed by atoms with van der Waals surface area (Å²) in [5, 5.41) is 20.0. The van der Waals surface area contributed by atoms with Crippen LogP contribution in [0.25, 0.3) is 0 Å². The summed E-state index contributed by atoms with van der Waals surface area (Å²) in [6.07, 6.45) is 0.291. The fraction of sp³-hybridized carbons (Fsp3) is 0.421. The first-order valence-corrected chi connectivity index (χ1v) is 8.33. The summed E-state index contributed by atoms with van der Waals surface area (Å²) in [6.45, 7) is 9.44. The zero-order chi connectivity index (χ0) is 18.9. The third kappa shape index (κ3) is 2.71. The Kier molecular flexibility index (Phi) is 5.02. The van der Waals surface area contributed by atoms with Crippen molar-refractivity contribution in [3.05, 3.63) is 52.1 Å². The van der Waals surface area contributed by atoms with Gasteiger partial charge < -0.3 is 15.1 Å². The molecule has 2 N–H and O–H groups in total. The van der Waals surface area contributed by atoms with Crippen LogP contribution in [0.5, 0.6) is 0 Å². The average Bonchev–Trinajstić information content (AvgIpc) is 2.53. The number of aromatic nitrogens is 1. The van der Waals surface area contributed by atoms with Gasteiger partial charge in [0.25, 0.3) is 0 Å². The van der Waals surface area contributed by atoms with E-state index < -0.39 is 17.4 Å². The smallest absolute Gasteiger partial charge is 0.334 e. The van der Waals surface area contributed by atoms with Crippen LogP contribution in [0.4, 0.5) is 0 Å². The maximum absolute atomic E-state index is 12.2. The van der Waals surface area contributed by atoms with Crippen molar-refractivity contribution in [3.63, 3.8) is 0 Å². The highest BCUT2D eigenvalue weighted by Crippen LogP contribution is 2.48. The molecule has 0 atom stereocenters. The van der Waals surface area contributed by atoms with Crippen LogP contribution in [0, 0.1) is 6.92 Å². The molecule has 2 heterocycles. The summed E-state index contributed by atoms with van der Waals surface area (Å²) < 4.78 is 0. The van der Waals surface area contributed by atoms with E-state index in [1.807, 2.05) is 19.9 Å². The highest BCUT2D eigenvalue weighted by atomic mass is 16.4. The van der Waals surface area contributed by atoms with Crippen molar-refractivity contribution in [1.29, 1.82) is 0 Å². The molecule has 2 rings (SSSR count). The predicted octanol–water partition coefficient (Wildman–Crippen LogP) is 3.09. The van der Waals surface area contributed by atoms with Crippen molar-refractivity contribution in [3.8, 4) is 0 Å². The van der Waals surface area contributed by atoms with Crippen LogP contribution >= 0.6 is 0 Å². The number of hydrogen-bond acceptors (Lipinski definition) is 4. The van der Waals surface area contributed by atoms with Gasteiger partial charge in [0.1, 0.15) is 0 Å². The molecule has 0 saturated heterocycles. The molecule has 0 unspecified atom stereocenters. The van der Waals surface area contributed by atoms with E-state index in [-0.39, 0.29) is 11.1 Å². The number of carboxylic acid groups (broad SMARTS) is 2. The zero-order valence-electron chi connectivity index (χ0n) is 15.3. The topological polar surface area (TPSA) is 90.7 Å². The Labute approximate surface area is 147 Å². The Morgan fingerprint density at radius 2 is 1.56 bits per heavy atom. The van der Waals surface area contributed by atoms with Crippen molar-refractivity contribution in [2.24, 2.45) is 0 Å². The fourth-order valence-corrected chi connectivity index (χ4v) is 3.98. The van der Waals surface area contributed by atoms with Crippen molar-refractivity contribution in [2.75, 3.05) is 6.54 Å². The minimum Gasteiger partial charge on any atom is -0.478 e. The normalized spacial score (nSPS) is 17.1. The molecule has 0 amide bonds. The number of aryl methyl sites for hydroxylation is 1. The third-order valence-corrected chi connectivity index (χ3v) is 4.99. The second-order valence-electron chi connectivity index (χ2n) is 6.20. The van der Waals surface area contributed by atoms with Gasteiger partial charge in [-0.05, 0) is 46.2 Å². The van der Waals surface area contributed by atoms with Crippen LogP contribution in [0.3, 0.4) is 0 Å². The van der Waals surface area contributed by atoms with Crippen LogP contribution in [0.2, 0.25) is 0 Å². The van der Waals surface area contributed by atoms with Crippen LogP contribution in [0.1, 0.15) is 45.5 Å². The predicted molar refractivity (Wildman–Crippen MR) is 94.0 cm³/mol. The Balaban J connectivity index is 2.99. The maximum atomic E-state index is 12.2. The SMILES string of the molecule is CCN1C(C)=C(C(=O)O)C(CC)(c2cccc(C)n2)C(C(=O)O)=C1C. The van der Waals surface area contributed by atoms with Gasteiger partial charge in [0.05, 0.1) is 22.3 Å². The Morgan fingerprint density at radius 3 is 1.92 bits per heavy atom. The van der Waals surface area contributed by atoms with E-state index in [0.29, 0.717) is 35.7 Å². The first-order valence-electron chi connectivity index (χ1n) is 8.33. The lowest BCUT2D eigenvalue weighted by molar-refractivity contribution is -0.134. The number of nitrogens with zero attached hydrogens (tertiary/aromatic N) is 2. The minimum atomic E-state index is -1.29. The molecule has 1 aromatic rings. The number of rotatable bonds is 5. The number of pyridine rings is 1. The maximum Gasteiger partial charge on any atom is 0.334 e. The lowest BCUT2D eigenvalue weighted by Crippen LogP contribution is -2.46. The molecule has 0 radical (unpaired) electrons. The van der Waals surface area contributed by atoms with Gasteiger partial charge >= 0.3 is 11.9 Å². The summed E-state index contributed by atoms with van der Waals surface area (Å²) in [7, 11) is 0. The van der Waals surface area contributed by atoms with Gasteiger partial charge in [0.2, 0.25) is 0 Å². The lowest BCUT2D eigenvalue weighted by Gasteiger charge is -2.43. The van der Waals surface area contributed by atoms with Gasteiger partial charge in [-0.3, -0.25) is 4.98 Å². The van der Waals surface area contributed by atoms with Gasteiger partial charge in [-0.25, -0.2) is 9.59 Å². The molecule has 0 aromatic carbocycles. The van der Waals surface area contributed by atoms with Crippen molar-refractivity contribution in [1.82, 2.24) is 9.88 Å². The molecule has 1 aliphatic heterocycles. The summed E-state index contributed by atoms with van der Waals surface area (Å²) in [6, 6.07) is 5.30. The average molecular weight is 344 g/mol. The number of carboxylic acids is 2. The standard InChI is InChI=1S/C19H24N2O4/c1-6-19(14-10-8-9-11(3)20-14)15(17(22)23)12(4)21(7-2)13(5)16(19)18(24)25/h8-10H,6-7H2,1-5H3,(H,22,23)(H,24,25). The quantitative estimate of drug-likeness (QED) is 0.853. The molecule has 1 aromatic heterocycles. The first kappa shape index (κ1) is 18.7. The van der Waals surface area contributed by atoms with E-state index in [9.17, 15) is 19.8 Å². The summed E-state index contributed by atoms with van der Waals surface area (Å²) in [5.74, 6) is -2.24. The van der Waals surface area contributed by atoms with E-state index >= 15 is 0 Å². The van der Waals surface area contributed by atoms with Crippen LogP contribution < -0.4 is 0 Å². The molecule has 6 nitrogen and oxygen atoms in total. The molecular weight excluding hydrogens is 320 g/mol. The summed E-state index contributed by atoms with van der Waals surface area (Å²) in [5.41, 5.74) is 1.16. The zero-order valence-corrected chi connectivity index (χ0v) is 15.3. The van der Waals surface area contributed by atoms with Crippen molar-refractivity contribution >= 4 is 11.9 Å². The van der Waals surface area contributed by atoms with E-state index in [2.05, 4.69) is 4.98 Å². The van der Waals surface area contributed by atoms with Gasteiger partial charge in [0, 0.05) is 23.6 Å². The Hall–Kier alpha value is -2.63. The van der Waals surface area contributed by atoms with Crippen LogP contribution in [0.15, 0.2) is 40.7 Å². The van der Waals surface area contributed by atoms with Gasteiger partial charge in [-0.15, -0.1) is 0 Å². The Bertz CT molecular complexity index is 754. The monoisotopic (exact) mass is 344 g/mol. The fourth-order valence-electron chi connectivity index (χ4n) is 3.98. The van der Waals surface area contributed by atoms with Crippen LogP contribution in [-0.2, 0) is 15.0 Å². The van der Waals surface area contributed by atoms with E-state index in [1.54, 1.807) is 37.8 Å². The van der Waals surface area contributed by atoms with Crippen LogP contribution in [-0.4, -0.2) is 38.6 Å². The first-order chi connectivity index (χ1) is 11.7. The van der Waals surface area contributed by atoms with Crippen molar-refractivity contribution < 1.29 is 19.8 Å². The number of aliphatic carboxylic acids is 2. The minimum absolute atomic E-state index is 0.0814. The van der Waals surface area contributed by atoms with Gasteiger partial charge in [0.15, 0.2) is 0 Å². The highest BCUT2D eigenvalue weighted by molar-refractivity contribution is 6.00. The Morgan fingerprint density at radius 1 is 1.04 bits per heavy atom. The van der Waals surface area contributed by atoms with E-state index in [4.69, 9.17) is 0 Å². The van der Waals surface area contributed by atoms with Gasteiger partial charge in [-0.2, -0.15) is 0 Å². The summed E-state index contributed by atoms with van der Waals surface area (Å²) in [4.78, 5) is 30.7. The van der Waals surface area contributed by atoms with Gasteiger partial charge in [-0.1, -0.05) is 13.0 Å². The second-order valence-corrected chi connectivity index (χ2v) is 6.20. The molecule has 0 aliphatic carbocycles. The largest absolute Gasteiger partial charge is 0.478 e. The molecular formula is C19H24N2O4. The molecule has 0 saturated carbocycles. The second kappa shape index (κ2) is 6.70. The van der Waals surface area contributed by atoms with E-state index in [0.717, 1.165) is 0 Å².